The molecule has 0 unspecified atom stereocenters. The van der Waals surface area contributed by atoms with Crippen LogP contribution in [0.2, 0.25) is 0 Å². The van der Waals surface area contributed by atoms with Crippen LogP contribution in [0.4, 0.5) is 0 Å². The summed E-state index contributed by atoms with van der Waals surface area (Å²) < 4.78 is 0. The minimum atomic E-state index is 1.19. The number of hydrogen-bond donors (Lipinski definition) is 0. The molecular formula is C17H18. The quantitative estimate of drug-likeness (QED) is 0.630. The molecule has 0 aliphatic heterocycles. The average Bonchev–Trinajstić information content (AvgIpc) is 2.42. The van der Waals surface area contributed by atoms with Crippen LogP contribution in [0.1, 0.15) is 12.5 Å². The van der Waals surface area contributed by atoms with Crippen LogP contribution < -0.4 is 0 Å². The van der Waals surface area contributed by atoms with E-state index in [1.54, 1.807) is 0 Å². The molecule has 2 aromatic carbocycles. The summed E-state index contributed by atoms with van der Waals surface area (Å²) in [5.41, 5.74) is 2.42. The third kappa shape index (κ3) is 6.16. The molecule has 0 saturated carbocycles. The van der Waals surface area contributed by atoms with Crippen molar-refractivity contribution in [1.82, 2.24) is 0 Å². The summed E-state index contributed by atoms with van der Waals surface area (Å²) in [4.78, 5) is 0. The molecule has 0 bridgehead atoms. The molecule has 0 fully saturated rings. The van der Waals surface area contributed by atoms with E-state index in [1.165, 1.54) is 11.1 Å². The van der Waals surface area contributed by atoms with Crippen LogP contribution in [0.25, 0.3) is 6.08 Å². The zero-order valence-corrected chi connectivity index (χ0v) is 10.2. The number of benzene rings is 2. The molecule has 0 heterocycles. The summed E-state index contributed by atoms with van der Waals surface area (Å²) in [5, 5.41) is 0. The van der Waals surface area contributed by atoms with Gasteiger partial charge in [-0.3, -0.25) is 0 Å². The van der Waals surface area contributed by atoms with Gasteiger partial charge in [-0.15, -0.1) is 0 Å². The van der Waals surface area contributed by atoms with Crippen molar-refractivity contribution in [2.75, 3.05) is 0 Å². The Morgan fingerprint density at radius 1 is 0.824 bits per heavy atom. The molecule has 0 radical (unpaired) electrons. The highest BCUT2D eigenvalue weighted by Crippen LogP contribution is 2.05. The van der Waals surface area contributed by atoms with Crippen molar-refractivity contribution < 1.29 is 0 Å². The number of rotatable bonds is 2. The molecule has 0 nitrogen and oxygen atoms in total. The van der Waals surface area contributed by atoms with Gasteiger partial charge in [-0.25, -0.2) is 0 Å². The fraction of sp³-hybridized carbons (Fsp3) is 0.0588. The van der Waals surface area contributed by atoms with Crippen molar-refractivity contribution in [2.24, 2.45) is 0 Å². The molecule has 2 aromatic rings. The molecule has 0 atom stereocenters. The lowest BCUT2D eigenvalue weighted by molar-refractivity contribution is 1.55. The normalized spacial score (nSPS) is 10.1. The van der Waals surface area contributed by atoms with Crippen molar-refractivity contribution in [1.29, 1.82) is 0 Å². The van der Waals surface area contributed by atoms with E-state index in [2.05, 4.69) is 24.8 Å². The maximum absolute atomic E-state index is 3.69. The van der Waals surface area contributed by atoms with Crippen LogP contribution in [-0.4, -0.2) is 0 Å². The van der Waals surface area contributed by atoms with Gasteiger partial charge in [-0.05, 0) is 12.5 Å². The van der Waals surface area contributed by atoms with E-state index in [9.17, 15) is 0 Å². The summed E-state index contributed by atoms with van der Waals surface area (Å²) in [5.74, 6) is 0. The van der Waals surface area contributed by atoms with E-state index in [0.29, 0.717) is 0 Å². The Morgan fingerprint density at radius 2 is 1.24 bits per heavy atom. The van der Waals surface area contributed by atoms with Crippen molar-refractivity contribution in [3.63, 3.8) is 0 Å². The molecule has 2 rings (SSSR count). The first kappa shape index (κ1) is 13.0. The summed E-state index contributed by atoms with van der Waals surface area (Å²) in [6.07, 6.45) is 3.96. The molecule has 0 aliphatic carbocycles. The highest BCUT2D eigenvalue weighted by atomic mass is 13.9. The van der Waals surface area contributed by atoms with E-state index in [0.717, 1.165) is 0 Å². The predicted molar refractivity (Wildman–Crippen MR) is 76.7 cm³/mol. The molecule has 0 N–H and O–H groups in total. The topological polar surface area (TPSA) is 0 Å². The van der Waals surface area contributed by atoms with Crippen molar-refractivity contribution in [2.45, 2.75) is 6.92 Å². The number of hydrogen-bond acceptors (Lipinski definition) is 0. The van der Waals surface area contributed by atoms with Crippen LogP contribution in [-0.2, 0) is 0 Å². The van der Waals surface area contributed by atoms with E-state index < -0.39 is 0 Å². The lowest BCUT2D eigenvalue weighted by atomic mass is 10.1. The molecule has 0 spiro atoms. The number of allylic oxidation sites excluding steroid dienone is 2. The van der Waals surface area contributed by atoms with Crippen LogP contribution in [0.5, 0.6) is 0 Å². The zero-order valence-electron chi connectivity index (χ0n) is 10.2. The molecule has 0 aliphatic rings. The molecule has 17 heavy (non-hydrogen) atoms. The lowest BCUT2D eigenvalue weighted by Gasteiger charge is -1.92. The third-order valence-corrected chi connectivity index (χ3v) is 2.18. The minimum absolute atomic E-state index is 1.19. The Kier molecular flexibility index (Phi) is 6.20. The highest BCUT2D eigenvalue weighted by Gasteiger charge is 1.83. The summed E-state index contributed by atoms with van der Waals surface area (Å²) in [6, 6.07) is 22.2. The summed E-state index contributed by atoms with van der Waals surface area (Å²) >= 11 is 0. The highest BCUT2D eigenvalue weighted by molar-refractivity contribution is 5.54. The largest absolute Gasteiger partial charge is 0.0988 e. The average molecular weight is 222 g/mol. The predicted octanol–water partition coefficient (Wildman–Crippen LogP) is 4.96. The van der Waals surface area contributed by atoms with E-state index in [-0.39, 0.29) is 0 Å². The smallest absolute Gasteiger partial charge is 0.0254 e. The second-order valence-corrected chi connectivity index (χ2v) is 3.66. The van der Waals surface area contributed by atoms with Gasteiger partial charge in [0.2, 0.25) is 0 Å². The maximum atomic E-state index is 3.69. The Hall–Kier alpha value is -2.08. The summed E-state index contributed by atoms with van der Waals surface area (Å²) in [6.45, 7) is 5.73. The van der Waals surface area contributed by atoms with Crippen LogP contribution >= 0.6 is 0 Å². The molecule has 0 heteroatoms. The first-order valence-electron chi connectivity index (χ1n) is 5.68. The zero-order chi connectivity index (χ0) is 12.3. The van der Waals surface area contributed by atoms with Gasteiger partial charge < -0.3 is 0 Å². The van der Waals surface area contributed by atoms with Gasteiger partial charge in [0, 0.05) is 0 Å². The van der Waals surface area contributed by atoms with Gasteiger partial charge in [-0.1, -0.05) is 91.0 Å². The first-order valence-corrected chi connectivity index (χ1v) is 5.68. The van der Waals surface area contributed by atoms with E-state index in [1.807, 2.05) is 67.6 Å². The van der Waals surface area contributed by atoms with Gasteiger partial charge in [-0.2, -0.15) is 0 Å². The molecule has 0 saturated heterocycles. The van der Waals surface area contributed by atoms with Crippen LogP contribution in [0.3, 0.4) is 0 Å². The van der Waals surface area contributed by atoms with Crippen LogP contribution in [0.15, 0.2) is 85.0 Å². The van der Waals surface area contributed by atoms with Gasteiger partial charge in [0.05, 0.1) is 0 Å². The second kappa shape index (κ2) is 8.12. The molecular weight excluding hydrogens is 204 g/mol. The molecule has 0 amide bonds. The minimum Gasteiger partial charge on any atom is -0.0988 e. The second-order valence-electron chi connectivity index (χ2n) is 3.66. The Balaban J connectivity index is 0.000000202. The monoisotopic (exact) mass is 222 g/mol. The van der Waals surface area contributed by atoms with Gasteiger partial charge in [0.25, 0.3) is 0 Å². The van der Waals surface area contributed by atoms with E-state index >= 15 is 0 Å². The van der Waals surface area contributed by atoms with Crippen molar-refractivity contribution >= 4 is 6.08 Å². The fourth-order valence-corrected chi connectivity index (χ4v) is 1.26. The van der Waals surface area contributed by atoms with Crippen molar-refractivity contribution in [3.8, 4) is 0 Å². The fourth-order valence-electron chi connectivity index (χ4n) is 1.26. The molecule has 0 aromatic heterocycles. The standard InChI is InChI=1S/C11H12.C6H6/c1-3-10(2)9-11-7-5-4-6-8-11;1-2-4-6-5-3-1/h3-9H,1H2,2H3;1-6H. The molecule has 86 valence electrons. The summed E-state index contributed by atoms with van der Waals surface area (Å²) in [7, 11) is 0. The Bertz CT molecular complexity index is 411. The van der Waals surface area contributed by atoms with Gasteiger partial charge in [0.1, 0.15) is 0 Å². The van der Waals surface area contributed by atoms with Gasteiger partial charge in [0.15, 0.2) is 0 Å². The van der Waals surface area contributed by atoms with E-state index in [4.69, 9.17) is 0 Å². The van der Waals surface area contributed by atoms with Gasteiger partial charge >= 0.3 is 0 Å². The van der Waals surface area contributed by atoms with Crippen molar-refractivity contribution in [3.05, 3.63) is 90.5 Å². The lowest BCUT2D eigenvalue weighted by Crippen LogP contribution is -1.70. The third-order valence-electron chi connectivity index (χ3n) is 2.18. The SMILES string of the molecule is C=CC(C)=Cc1ccccc1.c1ccccc1. The maximum Gasteiger partial charge on any atom is -0.0254 e. The Morgan fingerprint density at radius 3 is 1.65 bits per heavy atom. The van der Waals surface area contributed by atoms with Crippen LogP contribution in [0, 0.1) is 0 Å². The first-order chi connectivity index (χ1) is 8.33. The Labute approximate surface area is 104 Å².